The lowest BCUT2D eigenvalue weighted by Gasteiger charge is -2.39. The number of carbonyl (C=O) groups is 1. The average Bonchev–Trinajstić information content (AvgIpc) is 2.29. The van der Waals surface area contributed by atoms with Crippen LogP contribution < -0.4 is 4.74 Å². The molecule has 16 heavy (non-hydrogen) atoms. The molecule has 4 nitrogen and oxygen atoms in total. The van der Waals surface area contributed by atoms with Crippen molar-refractivity contribution in [3.05, 3.63) is 29.8 Å². The molecule has 0 atom stereocenters. The van der Waals surface area contributed by atoms with Gasteiger partial charge in [0.15, 0.2) is 6.29 Å². The fraction of sp³-hybridized carbons (Fsp3) is 0.417. The second-order valence-corrected chi connectivity index (χ2v) is 4.10. The van der Waals surface area contributed by atoms with Crippen molar-refractivity contribution in [1.29, 1.82) is 0 Å². The van der Waals surface area contributed by atoms with Crippen LogP contribution in [0.25, 0.3) is 0 Å². The molecule has 1 aromatic carbocycles. The second-order valence-electron chi connectivity index (χ2n) is 4.10. The van der Waals surface area contributed by atoms with Gasteiger partial charge in [-0.3, -0.25) is 4.79 Å². The van der Waals surface area contributed by atoms with Crippen LogP contribution in [0.1, 0.15) is 10.4 Å². The Kier molecular flexibility index (Phi) is 3.22. The Morgan fingerprint density at radius 2 is 2.19 bits per heavy atom. The first kappa shape index (κ1) is 11.1. The predicted molar refractivity (Wildman–Crippen MR) is 57.7 cm³/mol. The van der Waals surface area contributed by atoms with Crippen LogP contribution in [0.15, 0.2) is 24.3 Å². The summed E-state index contributed by atoms with van der Waals surface area (Å²) in [7, 11) is 0. The van der Waals surface area contributed by atoms with Crippen molar-refractivity contribution in [1.82, 2.24) is 0 Å². The Hall–Kier alpha value is -1.39. The van der Waals surface area contributed by atoms with Crippen LogP contribution in [0.5, 0.6) is 5.75 Å². The molecule has 0 bridgehead atoms. The first-order valence-electron chi connectivity index (χ1n) is 5.15. The minimum atomic E-state index is -0.296. The van der Waals surface area contributed by atoms with E-state index in [1.54, 1.807) is 18.2 Å². The summed E-state index contributed by atoms with van der Waals surface area (Å²) < 4.78 is 10.6. The molecule has 0 unspecified atom stereocenters. The van der Waals surface area contributed by atoms with Crippen LogP contribution >= 0.6 is 0 Å². The number of carbonyl (C=O) groups excluding carboxylic acids is 1. The number of benzene rings is 1. The van der Waals surface area contributed by atoms with Crippen LogP contribution in [-0.4, -0.2) is 37.8 Å². The van der Waals surface area contributed by atoms with E-state index in [0.29, 0.717) is 31.1 Å². The zero-order valence-electron chi connectivity index (χ0n) is 8.89. The number of aliphatic hydroxyl groups is 1. The largest absolute Gasteiger partial charge is 0.492 e. The van der Waals surface area contributed by atoms with Gasteiger partial charge in [-0.15, -0.1) is 0 Å². The van der Waals surface area contributed by atoms with Crippen LogP contribution in [0.4, 0.5) is 0 Å². The summed E-state index contributed by atoms with van der Waals surface area (Å²) in [5.41, 5.74) is 0.228. The average molecular weight is 222 g/mol. The standard InChI is InChI=1S/C12H14O4/c13-5-10-3-1-2-4-11(10)16-9-12(6-14)7-15-8-12/h1-5,14H,6-9H2. The van der Waals surface area contributed by atoms with Gasteiger partial charge < -0.3 is 14.6 Å². The molecular formula is C12H14O4. The molecule has 1 fully saturated rings. The van der Waals surface area contributed by atoms with Crippen molar-refractivity contribution in [2.75, 3.05) is 26.4 Å². The van der Waals surface area contributed by atoms with Crippen molar-refractivity contribution in [2.24, 2.45) is 5.41 Å². The molecule has 0 aromatic heterocycles. The lowest BCUT2D eigenvalue weighted by atomic mass is 9.88. The maximum absolute atomic E-state index is 10.8. The van der Waals surface area contributed by atoms with E-state index < -0.39 is 0 Å². The van der Waals surface area contributed by atoms with Crippen molar-refractivity contribution in [3.8, 4) is 5.75 Å². The number of rotatable bonds is 5. The smallest absolute Gasteiger partial charge is 0.153 e. The van der Waals surface area contributed by atoms with Gasteiger partial charge >= 0.3 is 0 Å². The molecule has 1 N–H and O–H groups in total. The highest BCUT2D eigenvalue weighted by molar-refractivity contribution is 5.79. The molecule has 2 rings (SSSR count). The predicted octanol–water partition coefficient (Wildman–Crippen LogP) is 0.887. The molecule has 1 aliphatic heterocycles. The molecule has 0 saturated carbocycles. The van der Waals surface area contributed by atoms with E-state index in [-0.39, 0.29) is 12.0 Å². The molecule has 1 aromatic rings. The van der Waals surface area contributed by atoms with Gasteiger partial charge in [0.25, 0.3) is 0 Å². The maximum atomic E-state index is 10.8. The van der Waals surface area contributed by atoms with Gasteiger partial charge in [0.2, 0.25) is 0 Å². The summed E-state index contributed by atoms with van der Waals surface area (Å²) in [4.78, 5) is 10.8. The Morgan fingerprint density at radius 3 is 2.75 bits per heavy atom. The number of para-hydroxylation sites is 1. The third-order valence-electron chi connectivity index (χ3n) is 2.73. The summed E-state index contributed by atoms with van der Waals surface area (Å²) in [6.07, 6.45) is 0.762. The van der Waals surface area contributed by atoms with Gasteiger partial charge in [0.1, 0.15) is 12.4 Å². The highest BCUT2D eigenvalue weighted by Crippen LogP contribution is 2.28. The zero-order chi connectivity index (χ0) is 11.4. The van der Waals surface area contributed by atoms with Crippen molar-refractivity contribution in [3.63, 3.8) is 0 Å². The molecule has 1 aliphatic rings. The lowest BCUT2D eigenvalue weighted by molar-refractivity contribution is -0.153. The van der Waals surface area contributed by atoms with Crippen molar-refractivity contribution < 1.29 is 19.4 Å². The molecule has 0 radical (unpaired) electrons. The van der Waals surface area contributed by atoms with E-state index in [0.717, 1.165) is 6.29 Å². The Labute approximate surface area is 93.8 Å². The summed E-state index contributed by atoms with van der Waals surface area (Å²) in [6, 6.07) is 7.04. The van der Waals surface area contributed by atoms with Crippen LogP contribution in [0.2, 0.25) is 0 Å². The van der Waals surface area contributed by atoms with E-state index in [2.05, 4.69) is 0 Å². The van der Waals surface area contributed by atoms with Gasteiger partial charge in [0.05, 0.1) is 30.8 Å². The van der Waals surface area contributed by atoms with E-state index >= 15 is 0 Å². The van der Waals surface area contributed by atoms with E-state index in [9.17, 15) is 9.90 Å². The molecule has 1 saturated heterocycles. The Morgan fingerprint density at radius 1 is 1.44 bits per heavy atom. The number of aldehydes is 1. The molecule has 0 spiro atoms. The fourth-order valence-corrected chi connectivity index (χ4v) is 1.55. The first-order valence-corrected chi connectivity index (χ1v) is 5.15. The summed E-state index contributed by atoms with van der Waals surface area (Å²) >= 11 is 0. The number of ether oxygens (including phenoxy) is 2. The lowest BCUT2D eigenvalue weighted by Crippen LogP contribution is -2.50. The summed E-state index contributed by atoms with van der Waals surface area (Å²) in [5.74, 6) is 0.553. The molecule has 86 valence electrons. The molecule has 0 aliphatic carbocycles. The topological polar surface area (TPSA) is 55.8 Å². The van der Waals surface area contributed by atoms with Crippen molar-refractivity contribution >= 4 is 6.29 Å². The SMILES string of the molecule is O=Cc1ccccc1OCC1(CO)COC1. The number of hydrogen-bond donors (Lipinski definition) is 1. The van der Waals surface area contributed by atoms with Gasteiger partial charge in [-0.05, 0) is 12.1 Å². The number of hydrogen-bond acceptors (Lipinski definition) is 4. The van der Waals surface area contributed by atoms with Crippen molar-refractivity contribution in [2.45, 2.75) is 0 Å². The minimum absolute atomic E-state index is 0.0380. The number of aliphatic hydroxyl groups excluding tert-OH is 1. The van der Waals surface area contributed by atoms with E-state index in [1.165, 1.54) is 0 Å². The quantitative estimate of drug-likeness (QED) is 0.752. The maximum Gasteiger partial charge on any atom is 0.153 e. The second kappa shape index (κ2) is 4.63. The molecule has 4 heteroatoms. The van der Waals surface area contributed by atoms with Crippen LogP contribution in [0.3, 0.4) is 0 Å². The normalized spacial score (nSPS) is 17.6. The Bertz CT molecular complexity index is 366. The molecule has 0 amide bonds. The minimum Gasteiger partial charge on any atom is -0.492 e. The fourth-order valence-electron chi connectivity index (χ4n) is 1.55. The van der Waals surface area contributed by atoms with Crippen LogP contribution in [0, 0.1) is 5.41 Å². The van der Waals surface area contributed by atoms with E-state index in [1.807, 2.05) is 6.07 Å². The summed E-state index contributed by atoms with van der Waals surface area (Å²) in [5, 5.41) is 9.21. The van der Waals surface area contributed by atoms with Gasteiger partial charge in [-0.2, -0.15) is 0 Å². The zero-order valence-corrected chi connectivity index (χ0v) is 8.89. The van der Waals surface area contributed by atoms with Gasteiger partial charge in [0, 0.05) is 0 Å². The Balaban J connectivity index is 2.01. The highest BCUT2D eigenvalue weighted by atomic mass is 16.5. The third-order valence-corrected chi connectivity index (χ3v) is 2.73. The van der Waals surface area contributed by atoms with Gasteiger partial charge in [-0.25, -0.2) is 0 Å². The summed E-state index contributed by atoms with van der Waals surface area (Å²) in [6.45, 7) is 1.42. The highest BCUT2D eigenvalue weighted by Gasteiger charge is 2.39. The van der Waals surface area contributed by atoms with Gasteiger partial charge in [-0.1, -0.05) is 12.1 Å². The third kappa shape index (κ3) is 2.08. The molecule has 1 heterocycles. The monoisotopic (exact) mass is 222 g/mol. The van der Waals surface area contributed by atoms with Crippen LogP contribution in [-0.2, 0) is 4.74 Å². The van der Waals surface area contributed by atoms with E-state index in [4.69, 9.17) is 9.47 Å². The molecular weight excluding hydrogens is 208 g/mol. The first-order chi connectivity index (χ1) is 7.79.